The second-order valence-corrected chi connectivity index (χ2v) is 13.6. The molecule has 10 rings (SSSR count). The zero-order valence-electron chi connectivity index (χ0n) is 29.4. The van der Waals surface area contributed by atoms with Crippen LogP contribution in [-0.2, 0) is 0 Å². The van der Waals surface area contributed by atoms with E-state index in [0.29, 0.717) is 5.71 Å². The van der Waals surface area contributed by atoms with Gasteiger partial charge in [0.2, 0.25) is 5.71 Å². The predicted molar refractivity (Wildman–Crippen MR) is 225 cm³/mol. The Morgan fingerprint density at radius 1 is 0.352 bits per heavy atom. The normalized spacial score (nSPS) is 11.3. The summed E-state index contributed by atoms with van der Waals surface area (Å²) in [5, 5.41) is 4.24. The van der Waals surface area contributed by atoms with Crippen LogP contribution in [0.1, 0.15) is 0 Å². The Hall–Kier alpha value is -7.23. The number of aromatic nitrogens is 1. The standard InChI is InChI=1S/C51H34N2O/c1-4-13-35(14-5-1)39-19-10-20-42(33-39)53(49-23-11-21-45-44(49)30-31-46-47-22-12-32-52-51(47)54-50(45)46)41-27-24-38(25-28-41)43-29-26-40(36-15-6-2-7-16-36)34-48(43)37-17-8-3-9-18-37/h1-34H. The zero-order valence-corrected chi connectivity index (χ0v) is 29.4. The van der Waals surface area contributed by atoms with Gasteiger partial charge in [-0.1, -0.05) is 146 Å². The van der Waals surface area contributed by atoms with Crippen LogP contribution in [0, 0.1) is 0 Å². The van der Waals surface area contributed by atoms with Gasteiger partial charge in [-0.05, 0) is 99.1 Å². The molecule has 0 unspecified atom stereocenters. The third-order valence-corrected chi connectivity index (χ3v) is 10.3. The van der Waals surface area contributed by atoms with E-state index in [1.54, 1.807) is 6.20 Å². The molecule has 0 radical (unpaired) electrons. The van der Waals surface area contributed by atoms with Crippen LogP contribution in [0.15, 0.2) is 211 Å². The molecular weight excluding hydrogens is 657 g/mol. The first-order chi connectivity index (χ1) is 26.8. The molecule has 10 aromatic rings. The SMILES string of the molecule is c1ccc(-c2cccc(N(c3ccc(-c4ccc(-c5ccccc5)cc4-c4ccccc4)cc3)c3cccc4c3ccc3c5cccnc5oc43)c2)cc1. The summed E-state index contributed by atoms with van der Waals surface area (Å²) in [6.07, 6.45) is 1.78. The van der Waals surface area contributed by atoms with Crippen molar-refractivity contribution in [1.82, 2.24) is 4.98 Å². The van der Waals surface area contributed by atoms with E-state index >= 15 is 0 Å². The van der Waals surface area contributed by atoms with E-state index in [9.17, 15) is 0 Å². The number of anilines is 3. The lowest BCUT2D eigenvalue weighted by molar-refractivity contribution is 0.657. The summed E-state index contributed by atoms with van der Waals surface area (Å²) in [5.74, 6) is 0. The quantitative estimate of drug-likeness (QED) is 0.167. The lowest BCUT2D eigenvalue weighted by Gasteiger charge is -2.27. The van der Waals surface area contributed by atoms with Gasteiger partial charge in [0, 0.05) is 39.1 Å². The Bertz CT molecular complexity index is 2920. The van der Waals surface area contributed by atoms with Gasteiger partial charge in [-0.3, -0.25) is 0 Å². The molecular formula is C51H34N2O. The van der Waals surface area contributed by atoms with E-state index in [1.807, 2.05) is 6.07 Å². The maximum atomic E-state index is 6.41. The van der Waals surface area contributed by atoms with Crippen LogP contribution in [0.2, 0.25) is 0 Å². The van der Waals surface area contributed by atoms with E-state index in [0.717, 1.165) is 55.3 Å². The van der Waals surface area contributed by atoms with Gasteiger partial charge in [0.1, 0.15) is 5.58 Å². The molecule has 0 aliphatic carbocycles. The minimum absolute atomic E-state index is 0.653. The monoisotopic (exact) mass is 690 g/mol. The van der Waals surface area contributed by atoms with Gasteiger partial charge in [-0.2, -0.15) is 0 Å². The van der Waals surface area contributed by atoms with Crippen LogP contribution >= 0.6 is 0 Å². The third-order valence-electron chi connectivity index (χ3n) is 10.3. The van der Waals surface area contributed by atoms with Crippen LogP contribution in [0.5, 0.6) is 0 Å². The molecule has 0 aliphatic rings. The van der Waals surface area contributed by atoms with Crippen molar-refractivity contribution in [2.45, 2.75) is 0 Å². The molecule has 0 saturated carbocycles. The summed E-state index contributed by atoms with van der Waals surface area (Å²) in [6.45, 7) is 0. The Morgan fingerprint density at radius 2 is 0.926 bits per heavy atom. The van der Waals surface area contributed by atoms with Crippen molar-refractivity contribution in [2.75, 3.05) is 4.90 Å². The molecule has 3 nitrogen and oxygen atoms in total. The minimum atomic E-state index is 0.653. The van der Waals surface area contributed by atoms with Gasteiger partial charge in [0.25, 0.3) is 0 Å². The molecule has 0 amide bonds. The second kappa shape index (κ2) is 13.4. The van der Waals surface area contributed by atoms with Crippen LogP contribution in [-0.4, -0.2) is 4.98 Å². The first-order valence-corrected chi connectivity index (χ1v) is 18.3. The summed E-state index contributed by atoms with van der Waals surface area (Å²) < 4.78 is 6.41. The lowest BCUT2D eigenvalue weighted by Crippen LogP contribution is -2.10. The maximum Gasteiger partial charge on any atom is 0.227 e. The summed E-state index contributed by atoms with van der Waals surface area (Å²) in [4.78, 5) is 6.88. The number of fused-ring (bicyclic) bond motifs is 5. The van der Waals surface area contributed by atoms with Gasteiger partial charge in [0.05, 0.1) is 5.69 Å². The fourth-order valence-electron chi connectivity index (χ4n) is 7.74. The minimum Gasteiger partial charge on any atom is -0.437 e. The maximum absolute atomic E-state index is 6.41. The van der Waals surface area contributed by atoms with Gasteiger partial charge in [-0.15, -0.1) is 0 Å². The first-order valence-electron chi connectivity index (χ1n) is 18.3. The molecule has 8 aromatic carbocycles. The van der Waals surface area contributed by atoms with Gasteiger partial charge in [-0.25, -0.2) is 4.98 Å². The van der Waals surface area contributed by atoms with Gasteiger partial charge >= 0.3 is 0 Å². The topological polar surface area (TPSA) is 29.3 Å². The molecule has 2 aromatic heterocycles. The number of benzene rings is 8. The van der Waals surface area contributed by atoms with Gasteiger partial charge < -0.3 is 9.32 Å². The average Bonchev–Trinajstić information content (AvgIpc) is 3.64. The lowest BCUT2D eigenvalue weighted by atomic mass is 9.91. The number of hydrogen-bond acceptors (Lipinski definition) is 3. The Labute approximate surface area is 314 Å². The highest BCUT2D eigenvalue weighted by Gasteiger charge is 2.20. The van der Waals surface area contributed by atoms with E-state index in [1.165, 1.54) is 33.4 Å². The molecule has 0 aliphatic heterocycles. The number of hydrogen-bond donors (Lipinski definition) is 0. The van der Waals surface area contributed by atoms with E-state index in [2.05, 4.69) is 204 Å². The summed E-state index contributed by atoms with van der Waals surface area (Å²) in [5.41, 5.74) is 14.2. The summed E-state index contributed by atoms with van der Waals surface area (Å²) in [7, 11) is 0. The largest absolute Gasteiger partial charge is 0.437 e. The van der Waals surface area contributed by atoms with E-state index < -0.39 is 0 Å². The number of pyridine rings is 1. The highest BCUT2D eigenvalue weighted by atomic mass is 16.3. The van der Waals surface area contributed by atoms with Crippen molar-refractivity contribution in [3.63, 3.8) is 0 Å². The molecule has 0 fully saturated rings. The smallest absolute Gasteiger partial charge is 0.227 e. The highest BCUT2D eigenvalue weighted by molar-refractivity contribution is 6.17. The number of rotatable bonds is 7. The van der Waals surface area contributed by atoms with Crippen molar-refractivity contribution in [2.24, 2.45) is 0 Å². The van der Waals surface area contributed by atoms with E-state index in [4.69, 9.17) is 4.42 Å². The average molecular weight is 691 g/mol. The van der Waals surface area contributed by atoms with Crippen LogP contribution < -0.4 is 4.90 Å². The molecule has 0 N–H and O–H groups in total. The van der Waals surface area contributed by atoms with Gasteiger partial charge in [0.15, 0.2) is 0 Å². The molecule has 0 saturated heterocycles. The number of nitrogens with zero attached hydrogens (tertiary/aromatic N) is 2. The molecule has 254 valence electrons. The zero-order chi connectivity index (χ0) is 35.8. The van der Waals surface area contributed by atoms with Crippen molar-refractivity contribution >= 4 is 49.9 Å². The third kappa shape index (κ3) is 5.60. The van der Waals surface area contributed by atoms with Crippen LogP contribution in [0.25, 0.3) is 77.3 Å². The van der Waals surface area contributed by atoms with Crippen LogP contribution in [0.4, 0.5) is 17.1 Å². The Balaban J connectivity index is 1.14. The number of furan rings is 1. The second-order valence-electron chi connectivity index (χ2n) is 13.6. The fraction of sp³-hybridized carbons (Fsp3) is 0. The van der Waals surface area contributed by atoms with Crippen molar-refractivity contribution in [3.8, 4) is 44.5 Å². The molecule has 2 heterocycles. The van der Waals surface area contributed by atoms with Crippen molar-refractivity contribution in [1.29, 1.82) is 0 Å². The molecule has 3 heteroatoms. The summed E-state index contributed by atoms with van der Waals surface area (Å²) in [6, 6.07) is 71.3. The van der Waals surface area contributed by atoms with Crippen molar-refractivity contribution < 1.29 is 4.42 Å². The highest BCUT2D eigenvalue weighted by Crippen LogP contribution is 2.44. The fourth-order valence-corrected chi connectivity index (χ4v) is 7.74. The summed E-state index contributed by atoms with van der Waals surface area (Å²) >= 11 is 0. The Morgan fingerprint density at radius 3 is 1.67 bits per heavy atom. The molecule has 0 spiro atoms. The Kier molecular flexibility index (Phi) is 7.81. The molecule has 0 bridgehead atoms. The molecule has 0 atom stereocenters. The first kappa shape index (κ1) is 31.5. The van der Waals surface area contributed by atoms with E-state index in [-0.39, 0.29) is 0 Å². The van der Waals surface area contributed by atoms with Crippen molar-refractivity contribution in [3.05, 3.63) is 206 Å². The van der Waals surface area contributed by atoms with Crippen LogP contribution in [0.3, 0.4) is 0 Å². The molecule has 54 heavy (non-hydrogen) atoms. The predicted octanol–water partition coefficient (Wildman–Crippen LogP) is 14.3.